The highest BCUT2D eigenvalue weighted by Crippen LogP contribution is 2.34. The van der Waals surface area contributed by atoms with Gasteiger partial charge in [-0.2, -0.15) is 0 Å². The van der Waals surface area contributed by atoms with Crippen molar-refractivity contribution in [1.82, 2.24) is 15.4 Å². The maximum Gasteiger partial charge on any atom is 0.266 e. The molecule has 0 bridgehead atoms. The highest BCUT2D eigenvalue weighted by molar-refractivity contribution is 5.94. The molecule has 3 aromatic rings. The summed E-state index contributed by atoms with van der Waals surface area (Å²) >= 11 is 0. The van der Waals surface area contributed by atoms with Crippen molar-refractivity contribution in [2.75, 3.05) is 6.54 Å². The molecule has 2 amide bonds. The molecule has 184 valence electrons. The number of hydrogen-bond donors (Lipinski definition) is 3. The number of nitrogens with two attached hydrogens (primary N) is 1. The van der Waals surface area contributed by atoms with Crippen LogP contribution in [-0.2, 0) is 21.7 Å². The molecular weight excluding hydrogens is 444 g/mol. The molecule has 8 heteroatoms. The number of aryl methyl sites for hydroxylation is 2. The van der Waals surface area contributed by atoms with Crippen molar-refractivity contribution < 1.29 is 19.5 Å². The Balaban J connectivity index is 1.51. The Kier molecular flexibility index (Phi) is 6.78. The van der Waals surface area contributed by atoms with Gasteiger partial charge < -0.3 is 15.4 Å². The van der Waals surface area contributed by atoms with E-state index in [1.54, 1.807) is 17.6 Å². The first-order valence-electron chi connectivity index (χ1n) is 11.8. The summed E-state index contributed by atoms with van der Waals surface area (Å²) in [4.78, 5) is 31.5. The monoisotopic (exact) mass is 476 g/mol. The number of aromatic nitrogens is 1. The molecule has 2 atom stereocenters. The van der Waals surface area contributed by atoms with Gasteiger partial charge in [-0.3, -0.25) is 19.8 Å². The molecule has 4 rings (SSSR count). The molecule has 0 aliphatic carbocycles. The number of fused-ring (bicyclic) bond motifs is 1. The third-order valence-corrected chi connectivity index (χ3v) is 6.68. The van der Waals surface area contributed by atoms with Gasteiger partial charge in [-0.1, -0.05) is 37.6 Å². The highest BCUT2D eigenvalue weighted by Gasteiger charge is 2.49. The smallest absolute Gasteiger partial charge is 0.266 e. The topological polar surface area (TPSA) is 118 Å². The van der Waals surface area contributed by atoms with Gasteiger partial charge in [0.2, 0.25) is 5.91 Å². The molecule has 4 N–H and O–H groups in total. The number of rotatable bonds is 7. The Labute approximate surface area is 205 Å². The van der Waals surface area contributed by atoms with Gasteiger partial charge in [-0.25, -0.2) is 5.48 Å². The van der Waals surface area contributed by atoms with E-state index in [4.69, 9.17) is 15.7 Å². The zero-order chi connectivity index (χ0) is 25.3. The van der Waals surface area contributed by atoms with Gasteiger partial charge in [-0.15, -0.1) is 0 Å². The Morgan fingerprint density at radius 2 is 1.91 bits per heavy atom. The van der Waals surface area contributed by atoms with Crippen molar-refractivity contribution in [3.63, 3.8) is 0 Å². The van der Waals surface area contributed by atoms with Gasteiger partial charge in [-0.05, 0) is 62.1 Å². The van der Waals surface area contributed by atoms with E-state index in [2.05, 4.69) is 18.0 Å². The summed E-state index contributed by atoms with van der Waals surface area (Å²) < 4.78 is 6.06. The van der Waals surface area contributed by atoms with Gasteiger partial charge in [0.05, 0.1) is 5.52 Å². The lowest BCUT2D eigenvalue weighted by atomic mass is 9.89. The van der Waals surface area contributed by atoms with Crippen molar-refractivity contribution in [2.45, 2.75) is 52.3 Å². The number of carbonyl (C=O) groups is 2. The Hall–Kier alpha value is -3.49. The first kappa shape index (κ1) is 24.6. The quantitative estimate of drug-likeness (QED) is 0.356. The lowest BCUT2D eigenvalue weighted by Gasteiger charge is -2.31. The second kappa shape index (κ2) is 9.64. The summed E-state index contributed by atoms with van der Waals surface area (Å²) in [5.74, 6) is -0.464. The second-order valence-corrected chi connectivity index (χ2v) is 9.64. The number of nitrogens with zero attached hydrogens (tertiary/aromatic N) is 2. The predicted octanol–water partition coefficient (Wildman–Crippen LogP) is 3.35. The van der Waals surface area contributed by atoms with Crippen molar-refractivity contribution in [3.05, 3.63) is 70.9 Å². The maximum atomic E-state index is 13.3. The van der Waals surface area contributed by atoms with Gasteiger partial charge in [0.25, 0.3) is 5.91 Å². The molecule has 1 aliphatic heterocycles. The average Bonchev–Trinajstić information content (AvgIpc) is 3.13. The van der Waals surface area contributed by atoms with E-state index in [-0.39, 0.29) is 11.8 Å². The number of ether oxygens (including phenoxy) is 1. The number of hydroxylamine groups is 1. The van der Waals surface area contributed by atoms with Crippen LogP contribution in [-0.4, -0.2) is 39.5 Å². The zero-order valence-corrected chi connectivity index (χ0v) is 20.5. The van der Waals surface area contributed by atoms with E-state index in [0.717, 1.165) is 27.7 Å². The molecule has 1 aromatic heterocycles. The van der Waals surface area contributed by atoms with E-state index >= 15 is 0 Å². The third-order valence-electron chi connectivity index (χ3n) is 6.68. The van der Waals surface area contributed by atoms with Crippen LogP contribution in [0.5, 0.6) is 5.75 Å². The molecule has 0 radical (unpaired) electrons. The van der Waals surface area contributed by atoms with Crippen LogP contribution in [0.3, 0.4) is 0 Å². The van der Waals surface area contributed by atoms with Crippen molar-refractivity contribution in [3.8, 4) is 5.75 Å². The molecule has 1 saturated heterocycles. The molecule has 1 unspecified atom stereocenters. The molecule has 8 nitrogen and oxygen atoms in total. The molecule has 1 aliphatic rings. The van der Waals surface area contributed by atoms with E-state index in [1.807, 2.05) is 51.1 Å². The predicted molar refractivity (Wildman–Crippen MR) is 133 cm³/mol. The van der Waals surface area contributed by atoms with Crippen LogP contribution in [0, 0.1) is 19.8 Å². The zero-order valence-electron chi connectivity index (χ0n) is 20.5. The number of benzene rings is 2. The second-order valence-electron chi connectivity index (χ2n) is 9.64. The molecule has 1 fully saturated rings. The van der Waals surface area contributed by atoms with Crippen molar-refractivity contribution in [2.24, 2.45) is 11.7 Å². The number of carbonyl (C=O) groups excluding carboxylic acids is 2. The molecule has 2 aromatic carbocycles. The maximum absolute atomic E-state index is 13.3. The SMILES string of the molecule is Cc1ccc2nc(C)cc(COc3ccc([C@]4(N)CCN(C(C(=O)NO)C(C)C)C4=O)cc3)c2c1. The molecular formula is C27H32N4O4. The van der Waals surface area contributed by atoms with Gasteiger partial charge in [0, 0.05) is 23.2 Å². The fourth-order valence-corrected chi connectivity index (χ4v) is 4.85. The average molecular weight is 477 g/mol. The normalized spacial score (nSPS) is 18.8. The van der Waals surface area contributed by atoms with Gasteiger partial charge in [0.15, 0.2) is 0 Å². The summed E-state index contributed by atoms with van der Waals surface area (Å²) in [6.45, 7) is 8.38. The Morgan fingerprint density at radius 1 is 1.20 bits per heavy atom. The first-order valence-corrected chi connectivity index (χ1v) is 11.8. The minimum Gasteiger partial charge on any atom is -0.489 e. The standard InChI is InChI=1S/C27H32N4O4/c1-16(2)24(25(32)30-34)31-12-11-27(28,26(31)33)20-6-8-21(9-7-20)35-15-19-14-18(4)29-23-10-5-17(3)13-22(19)23/h5-10,13-14,16,24,34H,11-12,15,28H2,1-4H3,(H,30,32)/t24?,27-/m1/s1. The van der Waals surface area contributed by atoms with Crippen molar-refractivity contribution >= 4 is 22.7 Å². The number of nitrogens with one attached hydrogen (secondary N) is 1. The van der Waals surface area contributed by atoms with Crippen LogP contribution >= 0.6 is 0 Å². The number of amides is 2. The van der Waals surface area contributed by atoms with Crippen molar-refractivity contribution in [1.29, 1.82) is 0 Å². The first-order chi connectivity index (χ1) is 16.6. The molecule has 0 saturated carbocycles. The Morgan fingerprint density at radius 3 is 2.57 bits per heavy atom. The Bertz CT molecular complexity index is 1260. The minimum absolute atomic E-state index is 0.180. The minimum atomic E-state index is -1.24. The lowest BCUT2D eigenvalue weighted by molar-refractivity contribution is -0.145. The van der Waals surface area contributed by atoms with E-state index in [1.165, 1.54) is 4.90 Å². The highest BCUT2D eigenvalue weighted by atomic mass is 16.5. The van der Waals surface area contributed by atoms with E-state index in [9.17, 15) is 9.59 Å². The van der Waals surface area contributed by atoms with Gasteiger partial charge >= 0.3 is 0 Å². The summed E-state index contributed by atoms with van der Waals surface area (Å²) in [5.41, 5.74) is 11.7. The fraction of sp³-hybridized carbons (Fsp3) is 0.370. The van der Waals surface area contributed by atoms with Crippen LogP contribution in [0.25, 0.3) is 10.9 Å². The molecule has 2 heterocycles. The number of hydrogen-bond acceptors (Lipinski definition) is 6. The largest absolute Gasteiger partial charge is 0.489 e. The number of likely N-dealkylation sites (tertiary alicyclic amines) is 1. The van der Waals surface area contributed by atoms with Crippen LogP contribution in [0.1, 0.15) is 42.7 Å². The van der Waals surface area contributed by atoms with Crippen LogP contribution in [0.15, 0.2) is 48.5 Å². The lowest BCUT2D eigenvalue weighted by Crippen LogP contribution is -2.53. The summed E-state index contributed by atoms with van der Waals surface area (Å²) in [6, 6.07) is 14.6. The van der Waals surface area contributed by atoms with Crippen LogP contribution < -0.4 is 16.0 Å². The summed E-state index contributed by atoms with van der Waals surface area (Å²) in [7, 11) is 0. The molecule has 35 heavy (non-hydrogen) atoms. The van der Waals surface area contributed by atoms with Crippen LogP contribution in [0.4, 0.5) is 0 Å². The van der Waals surface area contributed by atoms with Crippen LogP contribution in [0.2, 0.25) is 0 Å². The van der Waals surface area contributed by atoms with E-state index in [0.29, 0.717) is 30.9 Å². The van der Waals surface area contributed by atoms with E-state index < -0.39 is 17.5 Å². The van der Waals surface area contributed by atoms with Gasteiger partial charge in [0.1, 0.15) is 23.9 Å². The fourth-order valence-electron chi connectivity index (χ4n) is 4.85. The third kappa shape index (κ3) is 4.72. The molecule has 0 spiro atoms. The number of pyridine rings is 1. The summed E-state index contributed by atoms with van der Waals surface area (Å²) in [6.07, 6.45) is 0.371. The summed E-state index contributed by atoms with van der Waals surface area (Å²) in [5, 5.41) is 10.2.